The topological polar surface area (TPSA) is 152 Å². The van der Waals surface area contributed by atoms with Gasteiger partial charge in [0.1, 0.15) is 23.7 Å². The highest BCUT2D eigenvalue weighted by molar-refractivity contribution is 6.01. The van der Waals surface area contributed by atoms with Crippen LogP contribution in [0, 0.1) is 5.41 Å². The quantitative estimate of drug-likeness (QED) is 0.119. The van der Waals surface area contributed by atoms with Crippen molar-refractivity contribution in [3.05, 3.63) is 57.6 Å². The summed E-state index contributed by atoms with van der Waals surface area (Å²) in [5, 5.41) is 23.9. The van der Waals surface area contributed by atoms with Crippen LogP contribution >= 0.6 is 0 Å². The lowest BCUT2D eigenvalue weighted by molar-refractivity contribution is -0.187. The fraction of sp³-hybridized carbons (Fsp3) is 0.729. The van der Waals surface area contributed by atoms with Gasteiger partial charge in [0.25, 0.3) is 0 Å². The number of phenols is 2. The van der Waals surface area contributed by atoms with Gasteiger partial charge in [-0.3, -0.25) is 19.4 Å². The Morgan fingerprint density at radius 2 is 0.732 bits per heavy atom. The van der Waals surface area contributed by atoms with Gasteiger partial charge in [-0.1, -0.05) is 121 Å². The molecule has 4 rings (SSSR count). The predicted molar refractivity (Wildman–Crippen MR) is 282 cm³/mol. The third-order valence-electron chi connectivity index (χ3n) is 14.5. The molecule has 12 heteroatoms. The second-order valence-corrected chi connectivity index (χ2v) is 27.5. The second-order valence-electron chi connectivity index (χ2n) is 27.5. The van der Waals surface area contributed by atoms with Crippen LogP contribution in [0.4, 0.5) is 9.59 Å². The van der Waals surface area contributed by atoms with Crippen molar-refractivity contribution in [3.8, 4) is 11.5 Å². The Morgan fingerprint density at radius 1 is 0.493 bits per heavy atom. The number of benzene rings is 2. The van der Waals surface area contributed by atoms with Gasteiger partial charge in [0.05, 0.1) is 13.2 Å². The van der Waals surface area contributed by atoms with E-state index in [1.807, 2.05) is 177 Å². The SMILES string of the molecule is CCCOC(=O)N1C(C)(C)CC(OC(=O)C(Cc2cc(C(C)(C)C)c(O)c(C(C)(C)C)c2)(Cc2cc(C(C)(C)C)c(O)c(C(C)(C)C)c2)C(=O)OC2CC(C)(C)N(C(=O)OCCC)C(C)(C)C2)CC1(C)C. The molecule has 2 saturated heterocycles. The van der Waals surface area contributed by atoms with Crippen molar-refractivity contribution in [3.63, 3.8) is 0 Å². The van der Waals surface area contributed by atoms with E-state index in [4.69, 9.17) is 18.9 Å². The maximum absolute atomic E-state index is 16.2. The predicted octanol–water partition coefficient (Wildman–Crippen LogP) is 13.3. The molecular formula is C59H94N2O10. The van der Waals surface area contributed by atoms with Crippen LogP contribution in [-0.2, 0) is 63.0 Å². The fourth-order valence-electron chi connectivity index (χ4n) is 11.6. The van der Waals surface area contributed by atoms with Crippen molar-refractivity contribution < 1.29 is 48.3 Å². The largest absolute Gasteiger partial charge is 0.507 e. The first-order chi connectivity index (χ1) is 32.1. The van der Waals surface area contributed by atoms with E-state index < -0.39 is 85.6 Å². The summed E-state index contributed by atoms with van der Waals surface area (Å²) in [5.41, 5.74) is -3.47. The Labute approximate surface area is 428 Å². The Hall–Kier alpha value is -4.48. The Kier molecular flexibility index (Phi) is 17.0. The summed E-state index contributed by atoms with van der Waals surface area (Å²) in [7, 11) is 0. The van der Waals surface area contributed by atoms with Crippen LogP contribution in [0.15, 0.2) is 24.3 Å². The van der Waals surface area contributed by atoms with Crippen LogP contribution in [0.3, 0.4) is 0 Å². The minimum Gasteiger partial charge on any atom is -0.507 e. The number of esters is 2. The molecule has 2 aromatic carbocycles. The van der Waals surface area contributed by atoms with Crippen LogP contribution in [0.1, 0.15) is 224 Å². The minimum atomic E-state index is -2.04. The van der Waals surface area contributed by atoms with Gasteiger partial charge < -0.3 is 29.2 Å². The molecule has 0 bridgehead atoms. The minimum absolute atomic E-state index is 0.155. The van der Waals surface area contributed by atoms with Gasteiger partial charge in [-0.25, -0.2) is 9.59 Å². The van der Waals surface area contributed by atoms with E-state index in [1.165, 1.54) is 0 Å². The third-order valence-corrected chi connectivity index (χ3v) is 14.5. The first-order valence-electron chi connectivity index (χ1n) is 26.2. The Bertz CT molecular complexity index is 2010. The standard InChI is InChI=1S/C59H94N2O10/c1-23-25-68-49(66)60-55(15,16)33-39(34-56(60,17)18)70-47(64)59(31-37-27-41(51(3,4)5)45(62)42(28-37)52(6,7)8,32-38-29-43(53(9,10)11)46(63)44(30-38)54(12,13)14)48(65)71-40-35-57(19,20)61(58(21,22)36-40)50(67)69-26-24-2/h27-30,39-40,62-63H,23-26,31-36H2,1-22H3. The molecular weight excluding hydrogens is 897 g/mol. The highest BCUT2D eigenvalue weighted by Crippen LogP contribution is 2.48. The molecule has 2 aliphatic heterocycles. The summed E-state index contributed by atoms with van der Waals surface area (Å²) in [6.07, 6.45) is -0.215. The van der Waals surface area contributed by atoms with Crippen molar-refractivity contribution >= 4 is 24.1 Å². The average Bonchev–Trinajstić information content (AvgIpc) is 3.16. The lowest BCUT2D eigenvalue weighted by Gasteiger charge is -2.54. The summed E-state index contributed by atoms with van der Waals surface area (Å²) in [5.74, 6) is -1.22. The van der Waals surface area contributed by atoms with Crippen molar-refractivity contribution in [2.45, 2.75) is 260 Å². The van der Waals surface area contributed by atoms with E-state index in [-0.39, 0.29) is 63.2 Å². The average molecular weight is 991 g/mol. The molecule has 2 amide bonds. The Morgan fingerprint density at radius 3 is 0.944 bits per heavy atom. The van der Waals surface area contributed by atoms with Crippen LogP contribution in [0.5, 0.6) is 11.5 Å². The molecule has 2 aromatic rings. The number of carbonyl (C=O) groups is 4. The van der Waals surface area contributed by atoms with Crippen molar-refractivity contribution in [2.24, 2.45) is 5.41 Å². The molecule has 0 radical (unpaired) electrons. The number of ether oxygens (including phenoxy) is 4. The fourth-order valence-corrected chi connectivity index (χ4v) is 11.6. The zero-order valence-electron chi connectivity index (χ0n) is 48.1. The van der Waals surface area contributed by atoms with Crippen molar-refractivity contribution in [1.82, 2.24) is 9.80 Å². The summed E-state index contributed by atoms with van der Waals surface area (Å²) in [6, 6.07) is 7.60. The number of piperidine rings is 2. The molecule has 12 nitrogen and oxygen atoms in total. The van der Waals surface area contributed by atoms with Gasteiger partial charge in [0.2, 0.25) is 0 Å². The van der Waals surface area contributed by atoms with Gasteiger partial charge in [-0.15, -0.1) is 0 Å². The van der Waals surface area contributed by atoms with E-state index in [0.29, 0.717) is 46.2 Å². The van der Waals surface area contributed by atoms with Gasteiger partial charge >= 0.3 is 24.1 Å². The molecule has 400 valence electrons. The maximum atomic E-state index is 16.2. The van der Waals surface area contributed by atoms with Crippen LogP contribution in [0.2, 0.25) is 0 Å². The normalized spacial score (nSPS) is 18.7. The highest BCUT2D eigenvalue weighted by Gasteiger charge is 2.56. The van der Waals surface area contributed by atoms with Crippen LogP contribution < -0.4 is 0 Å². The first-order valence-corrected chi connectivity index (χ1v) is 26.2. The van der Waals surface area contributed by atoms with Gasteiger partial charge in [0.15, 0.2) is 5.41 Å². The number of rotatable bonds is 12. The van der Waals surface area contributed by atoms with E-state index in [0.717, 1.165) is 0 Å². The molecule has 0 unspecified atom stereocenters. The lowest BCUT2D eigenvalue weighted by atomic mass is 9.71. The number of aromatic hydroxyl groups is 2. The van der Waals surface area contributed by atoms with Gasteiger partial charge in [0, 0.05) is 47.8 Å². The molecule has 0 aliphatic carbocycles. The second kappa shape index (κ2) is 20.4. The van der Waals surface area contributed by atoms with E-state index >= 15 is 9.59 Å². The number of hydrogen-bond acceptors (Lipinski definition) is 10. The molecule has 2 aliphatic rings. The number of phenolic OH excluding ortho intramolecular Hbond substituents is 2. The zero-order valence-corrected chi connectivity index (χ0v) is 48.1. The first kappa shape index (κ1) is 59.1. The number of amides is 2. The number of nitrogens with zero attached hydrogens (tertiary/aromatic N) is 2. The molecule has 0 spiro atoms. The molecule has 0 aromatic heterocycles. The smallest absolute Gasteiger partial charge is 0.410 e. The van der Waals surface area contributed by atoms with E-state index in [9.17, 15) is 19.8 Å². The molecule has 71 heavy (non-hydrogen) atoms. The molecule has 2 N–H and O–H groups in total. The van der Waals surface area contributed by atoms with Crippen molar-refractivity contribution in [2.75, 3.05) is 13.2 Å². The number of hydrogen-bond donors (Lipinski definition) is 2. The molecule has 2 fully saturated rings. The summed E-state index contributed by atoms with van der Waals surface area (Å²) in [6.45, 7) is 44.2. The monoisotopic (exact) mass is 991 g/mol. The van der Waals surface area contributed by atoms with Crippen LogP contribution in [0.25, 0.3) is 0 Å². The highest BCUT2D eigenvalue weighted by atomic mass is 16.6. The number of likely N-dealkylation sites (tertiary alicyclic amines) is 2. The molecule has 0 saturated carbocycles. The zero-order chi connectivity index (χ0) is 54.5. The van der Waals surface area contributed by atoms with Crippen molar-refractivity contribution in [1.29, 1.82) is 0 Å². The Balaban J connectivity index is 2.08. The lowest BCUT2D eigenvalue weighted by Crippen LogP contribution is -2.65. The summed E-state index contributed by atoms with van der Waals surface area (Å²) in [4.78, 5) is 63.1. The molecule has 2 heterocycles. The summed E-state index contributed by atoms with van der Waals surface area (Å²) < 4.78 is 25.0. The number of carbonyl (C=O) groups excluding carboxylic acids is 4. The van der Waals surface area contributed by atoms with E-state index in [1.54, 1.807) is 9.80 Å². The summed E-state index contributed by atoms with van der Waals surface area (Å²) >= 11 is 0. The van der Waals surface area contributed by atoms with Gasteiger partial charge in [-0.05, 0) is 136 Å². The van der Waals surface area contributed by atoms with E-state index in [2.05, 4.69) is 0 Å². The van der Waals surface area contributed by atoms with Crippen LogP contribution in [-0.4, -0.2) is 91.7 Å². The van der Waals surface area contributed by atoms with Gasteiger partial charge in [-0.2, -0.15) is 0 Å². The third kappa shape index (κ3) is 13.2. The maximum Gasteiger partial charge on any atom is 0.410 e. The molecule has 0 atom stereocenters.